The fourth-order valence-electron chi connectivity index (χ4n) is 1.16. The summed E-state index contributed by atoms with van der Waals surface area (Å²) in [5.41, 5.74) is -0.257. The van der Waals surface area contributed by atoms with Crippen LogP contribution in [0.1, 0.15) is 20.7 Å². The van der Waals surface area contributed by atoms with Gasteiger partial charge in [0, 0.05) is 11.1 Å². The van der Waals surface area contributed by atoms with Crippen molar-refractivity contribution < 1.29 is 18.4 Å². The van der Waals surface area contributed by atoms with E-state index in [-0.39, 0.29) is 17.7 Å². The van der Waals surface area contributed by atoms with E-state index in [9.17, 15) is 18.4 Å². The molecule has 0 bridgehead atoms. The van der Waals surface area contributed by atoms with Crippen LogP contribution in [0, 0.1) is 11.6 Å². The summed E-state index contributed by atoms with van der Waals surface area (Å²) in [4.78, 5) is 21.9. The zero-order valence-corrected chi connectivity index (χ0v) is 8.01. The van der Waals surface area contributed by atoms with E-state index < -0.39 is 17.4 Å². The number of hydrogen-bond donors (Lipinski definition) is 1. The fourth-order valence-corrected chi connectivity index (χ4v) is 1.16. The molecule has 0 aliphatic rings. The highest BCUT2D eigenvalue weighted by molar-refractivity contribution is 6.03. The van der Waals surface area contributed by atoms with Crippen molar-refractivity contribution in [1.82, 2.24) is 5.32 Å². The molecule has 1 aromatic carbocycles. The standard InChI is InChI=1S/C10H9F2NO2/c1-13-4-10(15)7-3-9(12)8(11)2-6(7)5-14/h2-3,5,13H,4H2,1H3. The Labute approximate surface area is 85.1 Å². The lowest BCUT2D eigenvalue weighted by atomic mass is 10.0. The maximum Gasteiger partial charge on any atom is 0.177 e. The van der Waals surface area contributed by atoms with Crippen molar-refractivity contribution >= 4 is 12.1 Å². The molecule has 1 aromatic rings. The number of Topliss-reactive ketones (excluding diaryl/α,β-unsaturated/α-hetero) is 1. The Morgan fingerprint density at radius 2 is 2.00 bits per heavy atom. The molecule has 0 aliphatic heterocycles. The molecule has 0 spiro atoms. The van der Waals surface area contributed by atoms with Gasteiger partial charge in [-0.05, 0) is 19.2 Å². The normalized spacial score (nSPS) is 10.1. The summed E-state index contributed by atoms with van der Waals surface area (Å²) in [5.74, 6) is -2.74. The highest BCUT2D eigenvalue weighted by Gasteiger charge is 2.14. The SMILES string of the molecule is CNCC(=O)c1cc(F)c(F)cc1C=O. The van der Waals surface area contributed by atoms with E-state index in [1.807, 2.05) is 0 Å². The molecular weight excluding hydrogens is 204 g/mol. The van der Waals surface area contributed by atoms with E-state index in [4.69, 9.17) is 0 Å². The first-order valence-corrected chi connectivity index (χ1v) is 4.22. The summed E-state index contributed by atoms with van der Waals surface area (Å²) in [6.45, 7) is -0.0358. The van der Waals surface area contributed by atoms with Gasteiger partial charge in [0.2, 0.25) is 0 Å². The van der Waals surface area contributed by atoms with Gasteiger partial charge in [0.25, 0.3) is 0 Å². The highest BCUT2D eigenvalue weighted by Crippen LogP contribution is 2.14. The molecule has 0 saturated heterocycles. The van der Waals surface area contributed by atoms with Gasteiger partial charge in [0.05, 0.1) is 6.54 Å². The van der Waals surface area contributed by atoms with Crippen molar-refractivity contribution in [1.29, 1.82) is 0 Å². The third kappa shape index (κ3) is 2.44. The quantitative estimate of drug-likeness (QED) is 0.603. The predicted molar refractivity (Wildman–Crippen MR) is 50.0 cm³/mol. The molecule has 5 heteroatoms. The Hall–Kier alpha value is -1.62. The van der Waals surface area contributed by atoms with Gasteiger partial charge in [-0.25, -0.2) is 8.78 Å². The molecule has 3 nitrogen and oxygen atoms in total. The third-order valence-corrected chi connectivity index (χ3v) is 1.86. The average molecular weight is 213 g/mol. The highest BCUT2D eigenvalue weighted by atomic mass is 19.2. The monoisotopic (exact) mass is 213 g/mol. The van der Waals surface area contributed by atoms with Crippen molar-refractivity contribution in [2.75, 3.05) is 13.6 Å². The molecule has 1 rings (SSSR count). The Morgan fingerprint density at radius 3 is 2.53 bits per heavy atom. The third-order valence-electron chi connectivity index (χ3n) is 1.86. The molecule has 0 aromatic heterocycles. The lowest BCUT2D eigenvalue weighted by Crippen LogP contribution is -2.20. The zero-order valence-electron chi connectivity index (χ0n) is 8.01. The largest absolute Gasteiger partial charge is 0.313 e. The smallest absolute Gasteiger partial charge is 0.177 e. The summed E-state index contributed by atoms with van der Waals surface area (Å²) in [6.07, 6.45) is 0.325. The summed E-state index contributed by atoms with van der Waals surface area (Å²) >= 11 is 0. The minimum absolute atomic E-state index is 0.0358. The molecule has 0 atom stereocenters. The number of aldehydes is 1. The second-order valence-electron chi connectivity index (χ2n) is 2.92. The van der Waals surface area contributed by atoms with Crippen LogP contribution in [-0.2, 0) is 0 Å². The number of likely N-dealkylation sites (N-methyl/N-ethyl adjacent to an activating group) is 1. The molecule has 0 amide bonds. The summed E-state index contributed by atoms with van der Waals surface area (Å²) in [7, 11) is 1.54. The van der Waals surface area contributed by atoms with Crippen LogP contribution < -0.4 is 5.32 Å². The van der Waals surface area contributed by atoms with Crippen LogP contribution in [0.15, 0.2) is 12.1 Å². The van der Waals surface area contributed by atoms with Crippen LogP contribution in [0.2, 0.25) is 0 Å². The topological polar surface area (TPSA) is 46.2 Å². The first kappa shape index (κ1) is 11.5. The number of rotatable bonds is 4. The molecule has 0 fully saturated rings. The van der Waals surface area contributed by atoms with Crippen molar-refractivity contribution in [3.05, 3.63) is 34.9 Å². The van der Waals surface area contributed by atoms with Crippen LogP contribution >= 0.6 is 0 Å². The molecule has 0 radical (unpaired) electrons. The predicted octanol–water partition coefficient (Wildman–Crippen LogP) is 1.18. The lowest BCUT2D eigenvalue weighted by molar-refractivity contribution is 0.0986. The molecule has 0 heterocycles. The first-order valence-electron chi connectivity index (χ1n) is 4.22. The number of benzene rings is 1. The lowest BCUT2D eigenvalue weighted by Gasteiger charge is -2.04. The van der Waals surface area contributed by atoms with Gasteiger partial charge >= 0.3 is 0 Å². The second-order valence-corrected chi connectivity index (χ2v) is 2.92. The second kappa shape index (κ2) is 4.75. The number of ketones is 1. The molecule has 0 aliphatic carbocycles. The van der Waals surface area contributed by atoms with Crippen molar-refractivity contribution in [2.45, 2.75) is 0 Å². The van der Waals surface area contributed by atoms with E-state index in [2.05, 4.69) is 5.32 Å². The van der Waals surface area contributed by atoms with E-state index in [1.54, 1.807) is 7.05 Å². The first-order chi connectivity index (χ1) is 7.10. The van der Waals surface area contributed by atoms with Gasteiger partial charge in [-0.3, -0.25) is 9.59 Å². The van der Waals surface area contributed by atoms with Gasteiger partial charge in [-0.1, -0.05) is 0 Å². The molecule has 0 saturated carbocycles. The van der Waals surface area contributed by atoms with E-state index in [0.717, 1.165) is 6.07 Å². The van der Waals surface area contributed by atoms with Crippen LogP contribution in [0.25, 0.3) is 0 Å². The van der Waals surface area contributed by atoms with Crippen molar-refractivity contribution in [2.24, 2.45) is 0 Å². The molecule has 15 heavy (non-hydrogen) atoms. The van der Waals surface area contributed by atoms with Gasteiger partial charge in [0.1, 0.15) is 0 Å². The molecule has 80 valence electrons. The minimum Gasteiger partial charge on any atom is -0.313 e. The van der Waals surface area contributed by atoms with Crippen LogP contribution in [-0.4, -0.2) is 25.7 Å². The number of halogens is 2. The summed E-state index contributed by atoms with van der Waals surface area (Å²) in [5, 5.41) is 2.57. The number of hydrogen-bond acceptors (Lipinski definition) is 3. The number of carbonyl (C=O) groups is 2. The van der Waals surface area contributed by atoms with Crippen LogP contribution in [0.5, 0.6) is 0 Å². The summed E-state index contributed by atoms with van der Waals surface area (Å²) in [6, 6.07) is 1.45. The fraction of sp³-hybridized carbons (Fsp3) is 0.200. The zero-order chi connectivity index (χ0) is 11.4. The van der Waals surface area contributed by atoms with E-state index in [1.165, 1.54) is 0 Å². The number of nitrogens with one attached hydrogen (secondary N) is 1. The van der Waals surface area contributed by atoms with Gasteiger partial charge in [0.15, 0.2) is 23.7 Å². The molecular formula is C10H9F2NO2. The molecule has 1 N–H and O–H groups in total. The van der Waals surface area contributed by atoms with Crippen molar-refractivity contribution in [3.63, 3.8) is 0 Å². The summed E-state index contributed by atoms with van der Waals surface area (Å²) < 4.78 is 25.6. The maximum atomic E-state index is 12.8. The van der Waals surface area contributed by atoms with Gasteiger partial charge < -0.3 is 5.32 Å². The van der Waals surface area contributed by atoms with E-state index in [0.29, 0.717) is 12.4 Å². The number of carbonyl (C=O) groups excluding carboxylic acids is 2. The van der Waals surface area contributed by atoms with Crippen molar-refractivity contribution in [3.8, 4) is 0 Å². The van der Waals surface area contributed by atoms with Gasteiger partial charge in [-0.2, -0.15) is 0 Å². The van der Waals surface area contributed by atoms with Crippen LogP contribution in [0.4, 0.5) is 8.78 Å². The Balaban J connectivity index is 3.21. The average Bonchev–Trinajstić information content (AvgIpc) is 2.21. The maximum absolute atomic E-state index is 12.8. The minimum atomic E-state index is -1.14. The Bertz CT molecular complexity index is 405. The van der Waals surface area contributed by atoms with E-state index >= 15 is 0 Å². The Morgan fingerprint density at radius 1 is 1.40 bits per heavy atom. The van der Waals surface area contributed by atoms with Crippen LogP contribution in [0.3, 0.4) is 0 Å². The Kier molecular flexibility index (Phi) is 3.62. The molecule has 0 unspecified atom stereocenters. The van der Waals surface area contributed by atoms with Gasteiger partial charge in [-0.15, -0.1) is 0 Å².